The number of epoxide rings is 1. The molecular formula is C6H6O4. The number of hydrogen-bond acceptors (Lipinski definition) is 4. The van der Waals surface area contributed by atoms with Crippen molar-refractivity contribution >= 4 is 11.8 Å². The van der Waals surface area contributed by atoms with Crippen LogP contribution in [0.3, 0.4) is 0 Å². The van der Waals surface area contributed by atoms with Gasteiger partial charge in [0, 0.05) is 0 Å². The van der Waals surface area contributed by atoms with E-state index < -0.39 is 24.3 Å². The summed E-state index contributed by atoms with van der Waals surface area (Å²) in [6, 6.07) is 0. The van der Waals surface area contributed by atoms with Crippen molar-refractivity contribution in [1.82, 2.24) is 0 Å². The summed E-state index contributed by atoms with van der Waals surface area (Å²) in [4.78, 5) is 21.6. The molecule has 2 aliphatic rings. The van der Waals surface area contributed by atoms with Gasteiger partial charge in [-0.15, -0.1) is 0 Å². The van der Waals surface area contributed by atoms with E-state index in [-0.39, 0.29) is 5.78 Å². The first kappa shape index (κ1) is 5.85. The summed E-state index contributed by atoms with van der Waals surface area (Å²) in [5.41, 5.74) is 0. The van der Waals surface area contributed by atoms with Crippen molar-refractivity contribution in [1.29, 1.82) is 0 Å². The number of hydrogen-bond donors (Lipinski definition) is 0. The van der Waals surface area contributed by atoms with E-state index in [0.29, 0.717) is 0 Å². The van der Waals surface area contributed by atoms with Gasteiger partial charge in [-0.25, -0.2) is 4.79 Å². The zero-order valence-corrected chi connectivity index (χ0v) is 5.37. The third-order valence-electron chi connectivity index (χ3n) is 1.70. The fraction of sp³-hybridized carbons (Fsp3) is 0.667. The third kappa shape index (κ3) is 0.593. The van der Waals surface area contributed by atoms with Gasteiger partial charge in [0.25, 0.3) is 0 Å². The Bertz CT molecular complexity index is 206. The zero-order chi connectivity index (χ0) is 7.30. The highest BCUT2D eigenvalue weighted by atomic mass is 16.7. The lowest BCUT2D eigenvalue weighted by Crippen LogP contribution is -2.36. The van der Waals surface area contributed by atoms with E-state index in [1.54, 1.807) is 6.92 Å². The first-order valence-corrected chi connectivity index (χ1v) is 3.10. The smallest absolute Gasteiger partial charge is 0.339 e. The van der Waals surface area contributed by atoms with Gasteiger partial charge in [-0.3, -0.25) is 4.79 Å². The van der Waals surface area contributed by atoms with E-state index in [4.69, 9.17) is 4.74 Å². The second-order valence-electron chi connectivity index (χ2n) is 2.46. The molecule has 0 saturated carbocycles. The van der Waals surface area contributed by atoms with E-state index in [2.05, 4.69) is 4.74 Å². The number of Topliss-reactive ketones (excluding diaryl/α,β-unsaturated/α-hetero) is 1. The normalized spacial score (nSPS) is 44.3. The number of ether oxygens (including phenoxy) is 2. The van der Waals surface area contributed by atoms with E-state index in [1.807, 2.05) is 0 Å². The number of esters is 1. The van der Waals surface area contributed by atoms with E-state index >= 15 is 0 Å². The minimum atomic E-state index is -0.615. The number of cyclic esters (lactones) is 1. The Morgan fingerprint density at radius 1 is 1.30 bits per heavy atom. The number of rotatable bonds is 0. The van der Waals surface area contributed by atoms with Crippen LogP contribution >= 0.6 is 0 Å². The van der Waals surface area contributed by atoms with Gasteiger partial charge in [-0.2, -0.15) is 0 Å². The average Bonchev–Trinajstić information content (AvgIpc) is 2.61. The van der Waals surface area contributed by atoms with Crippen molar-refractivity contribution in [2.75, 3.05) is 0 Å². The highest BCUT2D eigenvalue weighted by Gasteiger charge is 2.57. The Morgan fingerprint density at radius 3 is 2.70 bits per heavy atom. The number of ketones is 1. The van der Waals surface area contributed by atoms with Gasteiger partial charge in [0.1, 0.15) is 0 Å². The molecule has 0 aromatic rings. The van der Waals surface area contributed by atoms with Gasteiger partial charge in [-0.05, 0) is 6.92 Å². The first-order chi connectivity index (χ1) is 4.70. The summed E-state index contributed by atoms with van der Waals surface area (Å²) >= 11 is 0. The summed E-state index contributed by atoms with van der Waals surface area (Å²) in [7, 11) is 0. The molecule has 0 bridgehead atoms. The number of carbonyl (C=O) groups excluding carboxylic acids is 2. The summed E-state index contributed by atoms with van der Waals surface area (Å²) in [5, 5.41) is 0. The molecule has 2 heterocycles. The zero-order valence-electron chi connectivity index (χ0n) is 5.37. The molecule has 0 aromatic carbocycles. The summed E-state index contributed by atoms with van der Waals surface area (Å²) < 4.78 is 9.39. The van der Waals surface area contributed by atoms with Crippen molar-refractivity contribution in [2.45, 2.75) is 25.2 Å². The van der Waals surface area contributed by atoms with Crippen molar-refractivity contribution in [2.24, 2.45) is 0 Å². The molecule has 3 unspecified atom stereocenters. The van der Waals surface area contributed by atoms with Crippen LogP contribution in [0, 0.1) is 0 Å². The Balaban J connectivity index is 2.20. The highest BCUT2D eigenvalue weighted by molar-refractivity contribution is 6.00. The van der Waals surface area contributed by atoms with Gasteiger partial charge < -0.3 is 9.47 Å². The molecule has 0 aromatic heterocycles. The van der Waals surface area contributed by atoms with E-state index in [1.165, 1.54) is 0 Å². The lowest BCUT2D eigenvalue weighted by atomic mass is 10.1. The third-order valence-corrected chi connectivity index (χ3v) is 1.70. The Morgan fingerprint density at radius 2 is 2.00 bits per heavy atom. The van der Waals surface area contributed by atoms with Gasteiger partial charge in [0.05, 0.1) is 0 Å². The predicted octanol–water partition coefficient (Wildman–Crippen LogP) is -0.732. The quantitative estimate of drug-likeness (QED) is 0.330. The van der Waals surface area contributed by atoms with E-state index in [9.17, 15) is 9.59 Å². The van der Waals surface area contributed by atoms with Gasteiger partial charge in [0.2, 0.25) is 5.78 Å². The predicted molar refractivity (Wildman–Crippen MR) is 29.2 cm³/mol. The molecule has 0 spiro atoms. The van der Waals surface area contributed by atoms with Crippen molar-refractivity contribution in [3.63, 3.8) is 0 Å². The molecule has 10 heavy (non-hydrogen) atoms. The molecule has 0 amide bonds. The van der Waals surface area contributed by atoms with Crippen LogP contribution in [-0.4, -0.2) is 30.1 Å². The summed E-state index contributed by atoms with van der Waals surface area (Å²) in [6.07, 6.45) is -1.68. The lowest BCUT2D eigenvalue weighted by Gasteiger charge is -2.12. The molecule has 4 heteroatoms. The van der Waals surface area contributed by atoms with Crippen LogP contribution in [0.15, 0.2) is 0 Å². The highest BCUT2D eigenvalue weighted by Crippen LogP contribution is 2.30. The molecule has 2 fully saturated rings. The maximum absolute atomic E-state index is 10.9. The Kier molecular flexibility index (Phi) is 0.922. The Labute approximate surface area is 57.1 Å². The first-order valence-electron chi connectivity index (χ1n) is 3.10. The lowest BCUT2D eigenvalue weighted by molar-refractivity contribution is -0.157. The molecule has 3 atom stereocenters. The van der Waals surface area contributed by atoms with Crippen LogP contribution in [0.2, 0.25) is 0 Å². The fourth-order valence-corrected chi connectivity index (χ4v) is 1.04. The van der Waals surface area contributed by atoms with Crippen LogP contribution in [-0.2, 0) is 19.1 Å². The minimum absolute atomic E-state index is 0.121. The molecule has 0 aliphatic carbocycles. The molecule has 54 valence electrons. The number of fused-ring (bicyclic) bond motifs is 1. The summed E-state index contributed by atoms with van der Waals surface area (Å²) in [6.45, 7) is 1.55. The van der Waals surface area contributed by atoms with Gasteiger partial charge in [0.15, 0.2) is 18.3 Å². The van der Waals surface area contributed by atoms with Crippen LogP contribution < -0.4 is 0 Å². The monoisotopic (exact) mass is 142 g/mol. The standard InChI is InChI=1S/C6H6O4/c1-2-3(7)4-5(10-4)6(8)9-2/h2,4-5H,1H3. The molecule has 2 rings (SSSR count). The Hall–Kier alpha value is -0.900. The molecule has 2 aliphatic heterocycles. The maximum Gasteiger partial charge on any atom is 0.339 e. The SMILES string of the molecule is CC1OC(=O)C2OC2C1=O. The molecule has 4 nitrogen and oxygen atoms in total. The maximum atomic E-state index is 10.9. The molecule has 0 radical (unpaired) electrons. The molecule has 0 N–H and O–H groups in total. The van der Waals surface area contributed by atoms with Gasteiger partial charge in [-0.1, -0.05) is 0 Å². The van der Waals surface area contributed by atoms with Crippen molar-refractivity contribution in [3.05, 3.63) is 0 Å². The van der Waals surface area contributed by atoms with Crippen molar-refractivity contribution < 1.29 is 19.1 Å². The largest absolute Gasteiger partial charge is 0.453 e. The van der Waals surface area contributed by atoms with Crippen LogP contribution in [0.25, 0.3) is 0 Å². The van der Waals surface area contributed by atoms with Crippen molar-refractivity contribution in [3.8, 4) is 0 Å². The average molecular weight is 142 g/mol. The second kappa shape index (κ2) is 1.58. The van der Waals surface area contributed by atoms with E-state index in [0.717, 1.165) is 0 Å². The van der Waals surface area contributed by atoms with Crippen LogP contribution in [0.5, 0.6) is 0 Å². The second-order valence-corrected chi connectivity index (χ2v) is 2.46. The molecule has 2 saturated heterocycles. The topological polar surface area (TPSA) is 55.9 Å². The molecular weight excluding hydrogens is 136 g/mol. The summed E-state index contributed by atoms with van der Waals surface area (Å²) in [5.74, 6) is -0.526. The van der Waals surface area contributed by atoms with Crippen LogP contribution in [0.4, 0.5) is 0 Å². The van der Waals surface area contributed by atoms with Gasteiger partial charge >= 0.3 is 5.97 Å². The number of carbonyl (C=O) groups is 2. The van der Waals surface area contributed by atoms with Crippen LogP contribution in [0.1, 0.15) is 6.92 Å². The fourth-order valence-electron chi connectivity index (χ4n) is 1.04. The minimum Gasteiger partial charge on any atom is -0.453 e.